The number of fused-ring (bicyclic) bond motifs is 1. The molecular formula is C27H33N7O2. The highest BCUT2D eigenvalue weighted by Gasteiger charge is 2.18. The Hall–Kier alpha value is -3.56. The molecule has 0 bridgehead atoms. The number of rotatable bonds is 9. The second-order valence-corrected chi connectivity index (χ2v) is 9.33. The van der Waals surface area contributed by atoms with Crippen molar-refractivity contribution in [3.8, 4) is 22.6 Å². The first kappa shape index (κ1) is 24.1. The number of amides is 1. The van der Waals surface area contributed by atoms with Crippen LogP contribution in [0.25, 0.3) is 33.5 Å². The molecule has 0 unspecified atom stereocenters. The molecule has 1 aliphatic heterocycles. The SMILES string of the molecule is CCNCc1cncc(-c2ccc3[nH]nc(-c4ncc(C(=O)NCCC5CCOCC5)[nH]4)c3c2)c1C. The summed E-state index contributed by atoms with van der Waals surface area (Å²) < 4.78 is 5.41. The molecule has 0 radical (unpaired) electrons. The van der Waals surface area contributed by atoms with Gasteiger partial charge >= 0.3 is 0 Å². The highest BCUT2D eigenvalue weighted by atomic mass is 16.5. The summed E-state index contributed by atoms with van der Waals surface area (Å²) in [4.78, 5) is 24.7. The number of H-pyrrole nitrogens is 2. The molecule has 5 rings (SSSR count). The van der Waals surface area contributed by atoms with Crippen molar-refractivity contribution in [2.75, 3.05) is 26.3 Å². The Morgan fingerprint density at radius 3 is 2.89 bits per heavy atom. The number of hydrogen-bond donors (Lipinski definition) is 4. The monoisotopic (exact) mass is 487 g/mol. The molecule has 1 fully saturated rings. The van der Waals surface area contributed by atoms with Crippen molar-refractivity contribution in [3.05, 3.63) is 53.6 Å². The summed E-state index contributed by atoms with van der Waals surface area (Å²) in [5.74, 6) is 1.02. The minimum absolute atomic E-state index is 0.152. The van der Waals surface area contributed by atoms with Gasteiger partial charge in [-0.2, -0.15) is 5.10 Å². The standard InChI is InChI=1S/C27H33N7O2/c1-3-28-13-20-14-29-15-22(17(20)2)19-4-5-23-21(12-19)25(34-33-23)26-31-16-24(32-26)27(35)30-9-6-18-7-10-36-11-8-18/h4-5,12,14-16,18,28H,3,6-11,13H2,1-2H3,(H,30,35)(H,31,32)(H,33,34). The number of carbonyl (C=O) groups excluding carboxylic acids is 1. The molecule has 188 valence electrons. The van der Waals surface area contributed by atoms with Crippen molar-refractivity contribution in [1.29, 1.82) is 0 Å². The number of nitrogens with zero attached hydrogens (tertiary/aromatic N) is 3. The number of aromatic amines is 2. The summed E-state index contributed by atoms with van der Waals surface area (Å²) >= 11 is 0. The number of imidazole rings is 1. The molecule has 9 nitrogen and oxygen atoms in total. The van der Waals surface area contributed by atoms with Gasteiger partial charge < -0.3 is 20.4 Å². The van der Waals surface area contributed by atoms with Gasteiger partial charge in [0.2, 0.25) is 0 Å². The zero-order valence-corrected chi connectivity index (χ0v) is 20.9. The molecule has 4 heterocycles. The summed E-state index contributed by atoms with van der Waals surface area (Å²) in [5.41, 5.74) is 6.55. The van der Waals surface area contributed by atoms with E-state index < -0.39 is 0 Å². The van der Waals surface area contributed by atoms with E-state index in [0.29, 0.717) is 29.7 Å². The van der Waals surface area contributed by atoms with Crippen molar-refractivity contribution in [3.63, 3.8) is 0 Å². The van der Waals surface area contributed by atoms with E-state index in [2.05, 4.69) is 61.8 Å². The summed E-state index contributed by atoms with van der Waals surface area (Å²) in [6, 6.07) is 6.20. The molecule has 4 aromatic rings. The molecule has 1 aliphatic rings. The van der Waals surface area contributed by atoms with Gasteiger partial charge in [0, 0.05) is 49.6 Å². The highest BCUT2D eigenvalue weighted by Crippen LogP contribution is 2.31. The summed E-state index contributed by atoms with van der Waals surface area (Å²) in [5, 5.41) is 14.9. The van der Waals surface area contributed by atoms with Crippen LogP contribution in [0, 0.1) is 12.8 Å². The van der Waals surface area contributed by atoms with Crippen molar-refractivity contribution >= 4 is 16.8 Å². The fourth-order valence-corrected chi connectivity index (χ4v) is 4.74. The minimum atomic E-state index is -0.152. The zero-order valence-electron chi connectivity index (χ0n) is 20.9. The lowest BCUT2D eigenvalue weighted by atomic mass is 9.97. The Balaban J connectivity index is 1.34. The van der Waals surface area contributed by atoms with Gasteiger partial charge in [-0.3, -0.25) is 14.9 Å². The van der Waals surface area contributed by atoms with Gasteiger partial charge in [-0.05, 0) is 67.5 Å². The summed E-state index contributed by atoms with van der Waals surface area (Å²) in [7, 11) is 0. The molecule has 3 aromatic heterocycles. The lowest BCUT2D eigenvalue weighted by Crippen LogP contribution is -2.27. The maximum atomic E-state index is 12.7. The number of ether oxygens (including phenoxy) is 1. The van der Waals surface area contributed by atoms with E-state index in [1.165, 1.54) is 11.1 Å². The lowest BCUT2D eigenvalue weighted by Gasteiger charge is -2.21. The molecule has 1 saturated heterocycles. The van der Waals surface area contributed by atoms with Crippen LogP contribution in [0.3, 0.4) is 0 Å². The smallest absolute Gasteiger partial charge is 0.269 e. The predicted octanol–water partition coefficient (Wildman–Crippen LogP) is 3.98. The van der Waals surface area contributed by atoms with Crippen molar-refractivity contribution in [1.82, 2.24) is 35.8 Å². The van der Waals surface area contributed by atoms with E-state index in [4.69, 9.17) is 4.74 Å². The molecule has 1 amide bonds. The fraction of sp³-hybridized carbons (Fsp3) is 0.407. The second-order valence-electron chi connectivity index (χ2n) is 9.33. The third kappa shape index (κ3) is 5.17. The molecule has 0 saturated carbocycles. The van der Waals surface area contributed by atoms with E-state index in [-0.39, 0.29) is 5.91 Å². The number of hydrogen-bond acceptors (Lipinski definition) is 6. The molecule has 4 N–H and O–H groups in total. The van der Waals surface area contributed by atoms with Gasteiger partial charge in [0.25, 0.3) is 5.91 Å². The first-order valence-electron chi connectivity index (χ1n) is 12.7. The quantitative estimate of drug-likeness (QED) is 0.283. The molecule has 0 aliphatic carbocycles. The Morgan fingerprint density at radius 1 is 1.19 bits per heavy atom. The Morgan fingerprint density at radius 2 is 2.06 bits per heavy atom. The number of benzene rings is 1. The lowest BCUT2D eigenvalue weighted by molar-refractivity contribution is 0.0636. The Bertz CT molecular complexity index is 1340. The molecule has 0 atom stereocenters. The maximum Gasteiger partial charge on any atom is 0.269 e. The first-order chi connectivity index (χ1) is 17.6. The average molecular weight is 488 g/mol. The average Bonchev–Trinajstić information content (AvgIpc) is 3.56. The van der Waals surface area contributed by atoms with Crippen LogP contribution in [0.2, 0.25) is 0 Å². The largest absolute Gasteiger partial charge is 0.381 e. The van der Waals surface area contributed by atoms with Crippen LogP contribution in [0.15, 0.2) is 36.8 Å². The van der Waals surface area contributed by atoms with Crippen LogP contribution < -0.4 is 10.6 Å². The highest BCUT2D eigenvalue weighted by molar-refractivity contribution is 5.96. The van der Waals surface area contributed by atoms with E-state index in [9.17, 15) is 4.79 Å². The van der Waals surface area contributed by atoms with Crippen molar-refractivity contribution in [2.45, 2.75) is 39.7 Å². The van der Waals surface area contributed by atoms with Crippen LogP contribution in [-0.2, 0) is 11.3 Å². The molecule has 1 aromatic carbocycles. The third-order valence-electron chi connectivity index (χ3n) is 6.98. The number of pyridine rings is 1. The van der Waals surface area contributed by atoms with E-state index >= 15 is 0 Å². The predicted molar refractivity (Wildman–Crippen MR) is 140 cm³/mol. The fourth-order valence-electron chi connectivity index (χ4n) is 4.74. The van der Waals surface area contributed by atoms with Crippen LogP contribution in [0.5, 0.6) is 0 Å². The number of aromatic nitrogens is 5. The summed E-state index contributed by atoms with van der Waals surface area (Å²) in [6.07, 6.45) is 8.49. The third-order valence-corrected chi connectivity index (χ3v) is 6.98. The van der Waals surface area contributed by atoms with Crippen LogP contribution in [0.4, 0.5) is 0 Å². The number of carbonyl (C=O) groups is 1. The van der Waals surface area contributed by atoms with Gasteiger partial charge in [0.1, 0.15) is 11.4 Å². The van der Waals surface area contributed by atoms with Crippen LogP contribution in [-0.4, -0.2) is 57.4 Å². The van der Waals surface area contributed by atoms with Crippen molar-refractivity contribution in [2.24, 2.45) is 5.92 Å². The van der Waals surface area contributed by atoms with Crippen LogP contribution >= 0.6 is 0 Å². The Labute approximate surface area is 210 Å². The molecular weight excluding hydrogens is 454 g/mol. The second kappa shape index (κ2) is 11.0. The van der Waals surface area contributed by atoms with Gasteiger partial charge in [-0.1, -0.05) is 13.0 Å². The molecule has 9 heteroatoms. The van der Waals surface area contributed by atoms with Gasteiger partial charge in [-0.15, -0.1) is 0 Å². The van der Waals surface area contributed by atoms with Gasteiger partial charge in [-0.25, -0.2) is 4.98 Å². The van der Waals surface area contributed by atoms with E-state index in [1.54, 1.807) is 6.20 Å². The zero-order chi connectivity index (χ0) is 24.9. The molecule has 0 spiro atoms. The number of nitrogens with one attached hydrogen (secondary N) is 4. The topological polar surface area (TPSA) is 121 Å². The molecule has 36 heavy (non-hydrogen) atoms. The summed E-state index contributed by atoms with van der Waals surface area (Å²) in [6.45, 7) is 8.20. The van der Waals surface area contributed by atoms with E-state index in [1.807, 2.05) is 18.5 Å². The first-order valence-corrected chi connectivity index (χ1v) is 12.7. The van der Waals surface area contributed by atoms with Gasteiger partial charge in [0.15, 0.2) is 5.82 Å². The van der Waals surface area contributed by atoms with Gasteiger partial charge in [0.05, 0.1) is 11.7 Å². The minimum Gasteiger partial charge on any atom is -0.381 e. The van der Waals surface area contributed by atoms with Crippen LogP contribution in [0.1, 0.15) is 47.8 Å². The normalized spacial score (nSPS) is 14.4. The van der Waals surface area contributed by atoms with Crippen molar-refractivity contribution < 1.29 is 9.53 Å². The maximum absolute atomic E-state index is 12.7. The Kier molecular flexibility index (Phi) is 7.39. The van der Waals surface area contributed by atoms with E-state index in [0.717, 1.165) is 67.6 Å².